The number of nitrogens with zero attached hydrogens (tertiary/aromatic N) is 2. The average molecular weight is 554 g/mol. The molecule has 0 aliphatic rings. The molecule has 196 valence electrons. The van der Waals surface area contributed by atoms with Gasteiger partial charge in [-0.3, -0.25) is 4.55 Å². The molecule has 3 aromatic carbocycles. The van der Waals surface area contributed by atoms with Gasteiger partial charge in [0.1, 0.15) is 6.54 Å². The number of pyridine rings is 1. The number of aryl methyl sites for hydroxylation is 1. The standard InChI is InChI=1S/C32H28N2O3S2/c35-39(36,37)25-7-22-33-23-20-26(21-24-33)12-17-31-18-19-32(38-31)27-13-15-30(16-14-27)34(28-8-3-1-4-9-28)29-10-5-2-6-11-29/h1-6,8-21,23-24H,7,22,25H2/p+1. The van der Waals surface area contributed by atoms with Crippen LogP contribution in [0.2, 0.25) is 0 Å². The molecule has 0 aliphatic carbocycles. The Kier molecular flexibility index (Phi) is 8.32. The summed E-state index contributed by atoms with van der Waals surface area (Å²) in [5, 5.41) is 0. The molecule has 5 nitrogen and oxygen atoms in total. The van der Waals surface area contributed by atoms with Gasteiger partial charge < -0.3 is 4.90 Å². The number of para-hydroxylation sites is 2. The van der Waals surface area contributed by atoms with Crippen LogP contribution in [-0.2, 0) is 16.7 Å². The first kappa shape index (κ1) is 26.6. The van der Waals surface area contributed by atoms with Gasteiger partial charge in [-0.05, 0) is 65.7 Å². The summed E-state index contributed by atoms with van der Waals surface area (Å²) in [7, 11) is -3.91. The van der Waals surface area contributed by atoms with Gasteiger partial charge in [0.2, 0.25) is 0 Å². The lowest BCUT2D eigenvalue weighted by Gasteiger charge is -2.25. The van der Waals surface area contributed by atoms with Crippen molar-refractivity contribution in [1.82, 2.24) is 0 Å². The minimum atomic E-state index is -3.91. The molecule has 5 aromatic rings. The number of aromatic nitrogens is 1. The fourth-order valence-electron chi connectivity index (χ4n) is 4.31. The van der Waals surface area contributed by atoms with E-state index >= 15 is 0 Å². The number of anilines is 3. The zero-order valence-corrected chi connectivity index (χ0v) is 22.9. The van der Waals surface area contributed by atoms with Gasteiger partial charge in [0.05, 0.1) is 5.75 Å². The van der Waals surface area contributed by atoms with Crippen molar-refractivity contribution in [2.24, 2.45) is 0 Å². The molecule has 0 aliphatic heterocycles. The highest BCUT2D eigenvalue weighted by Gasteiger charge is 2.12. The fourth-order valence-corrected chi connectivity index (χ4v) is 5.72. The van der Waals surface area contributed by atoms with Gasteiger partial charge in [-0.1, -0.05) is 54.6 Å². The lowest BCUT2D eigenvalue weighted by molar-refractivity contribution is -0.696. The molecule has 0 amide bonds. The molecule has 0 unspecified atom stereocenters. The molecular formula is C32H29N2O3S2+. The third-order valence-corrected chi connectivity index (χ3v) is 8.15. The molecule has 0 saturated heterocycles. The van der Waals surface area contributed by atoms with Crippen LogP contribution in [0, 0.1) is 0 Å². The summed E-state index contributed by atoms with van der Waals surface area (Å²) >= 11 is 1.74. The predicted octanol–water partition coefficient (Wildman–Crippen LogP) is 7.62. The van der Waals surface area contributed by atoms with Crippen molar-refractivity contribution in [3.8, 4) is 10.4 Å². The van der Waals surface area contributed by atoms with E-state index in [1.807, 2.05) is 41.2 Å². The molecule has 2 aromatic heterocycles. The molecule has 39 heavy (non-hydrogen) atoms. The molecule has 1 N–H and O–H groups in total. The summed E-state index contributed by atoms with van der Waals surface area (Å²) in [6.45, 7) is 0.533. The second-order valence-electron chi connectivity index (χ2n) is 9.10. The molecule has 7 heteroatoms. The van der Waals surface area contributed by atoms with Crippen molar-refractivity contribution in [1.29, 1.82) is 0 Å². The summed E-state index contributed by atoms with van der Waals surface area (Å²) in [5.41, 5.74) is 5.57. The number of rotatable bonds is 10. The van der Waals surface area contributed by atoms with Crippen molar-refractivity contribution < 1.29 is 17.5 Å². The van der Waals surface area contributed by atoms with Crippen LogP contribution in [0.15, 0.2) is 122 Å². The zero-order chi connectivity index (χ0) is 27.1. The van der Waals surface area contributed by atoms with Crippen LogP contribution in [0.5, 0.6) is 0 Å². The first-order chi connectivity index (χ1) is 18.9. The van der Waals surface area contributed by atoms with Crippen LogP contribution in [0.25, 0.3) is 22.6 Å². The van der Waals surface area contributed by atoms with Crippen molar-refractivity contribution in [2.75, 3.05) is 10.7 Å². The van der Waals surface area contributed by atoms with Gasteiger partial charge in [0, 0.05) is 45.4 Å². The van der Waals surface area contributed by atoms with Crippen molar-refractivity contribution in [3.63, 3.8) is 0 Å². The van der Waals surface area contributed by atoms with Gasteiger partial charge in [-0.15, -0.1) is 11.3 Å². The quantitative estimate of drug-likeness (QED) is 0.143. The molecule has 0 bridgehead atoms. The lowest BCUT2D eigenvalue weighted by atomic mass is 10.1. The molecule has 0 fully saturated rings. The average Bonchev–Trinajstić information content (AvgIpc) is 3.43. The molecule has 0 radical (unpaired) electrons. The van der Waals surface area contributed by atoms with Crippen molar-refractivity contribution in [3.05, 3.63) is 132 Å². The molecular weight excluding hydrogens is 524 g/mol. The SMILES string of the molecule is O=S(=O)(O)CCC[n+]1ccc(/C=C/c2ccc(-c3ccc(N(c4ccccc4)c4ccccc4)cc3)s2)cc1. The largest absolute Gasteiger partial charge is 0.311 e. The Labute approximate surface area is 233 Å². The Hall–Kier alpha value is -4.04. The summed E-state index contributed by atoms with van der Waals surface area (Å²) in [6, 6.07) is 37.7. The number of hydrogen-bond donors (Lipinski definition) is 1. The third-order valence-electron chi connectivity index (χ3n) is 6.24. The lowest BCUT2D eigenvalue weighted by Crippen LogP contribution is -2.33. The highest BCUT2D eigenvalue weighted by Crippen LogP contribution is 2.36. The second-order valence-corrected chi connectivity index (χ2v) is 11.8. The van der Waals surface area contributed by atoms with E-state index in [2.05, 4.69) is 102 Å². The Balaban J connectivity index is 1.27. The van der Waals surface area contributed by atoms with E-state index in [1.165, 1.54) is 10.4 Å². The van der Waals surface area contributed by atoms with E-state index in [0.717, 1.165) is 27.5 Å². The minimum Gasteiger partial charge on any atom is -0.311 e. The Bertz CT molecular complexity index is 1590. The maximum atomic E-state index is 10.9. The maximum absolute atomic E-state index is 10.9. The van der Waals surface area contributed by atoms with E-state index in [-0.39, 0.29) is 5.75 Å². The molecule has 0 atom stereocenters. The highest BCUT2D eigenvalue weighted by atomic mass is 32.2. The van der Waals surface area contributed by atoms with E-state index in [4.69, 9.17) is 4.55 Å². The highest BCUT2D eigenvalue weighted by molar-refractivity contribution is 7.85. The zero-order valence-electron chi connectivity index (χ0n) is 21.3. The maximum Gasteiger partial charge on any atom is 0.265 e. The molecule has 0 saturated carbocycles. The Morgan fingerprint density at radius 3 is 1.90 bits per heavy atom. The molecule has 0 spiro atoms. The fraction of sp³-hybridized carbons (Fsp3) is 0.0938. The van der Waals surface area contributed by atoms with Gasteiger partial charge in [-0.2, -0.15) is 8.42 Å². The van der Waals surface area contributed by atoms with E-state index in [0.29, 0.717) is 13.0 Å². The second kappa shape index (κ2) is 12.2. The number of benzene rings is 3. The Morgan fingerprint density at radius 1 is 0.718 bits per heavy atom. The van der Waals surface area contributed by atoms with Crippen LogP contribution >= 0.6 is 11.3 Å². The predicted molar refractivity (Wildman–Crippen MR) is 161 cm³/mol. The Morgan fingerprint density at radius 2 is 1.31 bits per heavy atom. The van der Waals surface area contributed by atoms with Gasteiger partial charge in [0.25, 0.3) is 10.1 Å². The minimum absolute atomic E-state index is 0.233. The summed E-state index contributed by atoms with van der Waals surface area (Å²) < 4.78 is 32.5. The van der Waals surface area contributed by atoms with Crippen LogP contribution in [0.3, 0.4) is 0 Å². The molecule has 5 rings (SSSR count). The summed E-state index contributed by atoms with van der Waals surface area (Å²) in [4.78, 5) is 4.62. The molecule has 2 heterocycles. The first-order valence-electron chi connectivity index (χ1n) is 12.7. The number of hydrogen-bond acceptors (Lipinski definition) is 4. The van der Waals surface area contributed by atoms with Gasteiger partial charge >= 0.3 is 0 Å². The third kappa shape index (κ3) is 7.29. The van der Waals surface area contributed by atoms with Crippen molar-refractivity contribution in [2.45, 2.75) is 13.0 Å². The van der Waals surface area contributed by atoms with Crippen LogP contribution in [0.4, 0.5) is 17.1 Å². The smallest absolute Gasteiger partial charge is 0.265 e. The summed E-state index contributed by atoms with van der Waals surface area (Å²) in [5.74, 6) is -0.233. The van der Waals surface area contributed by atoms with Crippen LogP contribution in [0.1, 0.15) is 16.9 Å². The van der Waals surface area contributed by atoms with Gasteiger partial charge in [0.15, 0.2) is 12.4 Å². The van der Waals surface area contributed by atoms with E-state index in [9.17, 15) is 8.42 Å². The van der Waals surface area contributed by atoms with Crippen molar-refractivity contribution >= 4 is 50.7 Å². The normalized spacial score (nSPS) is 11.6. The topological polar surface area (TPSA) is 61.5 Å². The number of thiophene rings is 1. The van der Waals surface area contributed by atoms with Crippen LogP contribution in [-0.4, -0.2) is 18.7 Å². The van der Waals surface area contributed by atoms with E-state index in [1.54, 1.807) is 11.3 Å². The monoisotopic (exact) mass is 553 g/mol. The summed E-state index contributed by atoms with van der Waals surface area (Å²) in [6.07, 6.45) is 8.37. The van der Waals surface area contributed by atoms with Gasteiger partial charge in [-0.25, -0.2) is 4.57 Å². The van der Waals surface area contributed by atoms with E-state index < -0.39 is 10.1 Å². The van der Waals surface area contributed by atoms with Crippen LogP contribution < -0.4 is 9.47 Å². The first-order valence-corrected chi connectivity index (χ1v) is 15.1.